The second-order valence-electron chi connectivity index (χ2n) is 4.33. The van der Waals surface area contributed by atoms with Crippen molar-refractivity contribution in [3.8, 4) is 0 Å². The van der Waals surface area contributed by atoms with Crippen molar-refractivity contribution in [2.45, 2.75) is 24.8 Å². The summed E-state index contributed by atoms with van der Waals surface area (Å²) in [4.78, 5) is 4.06. The summed E-state index contributed by atoms with van der Waals surface area (Å²) in [5.74, 6) is 0. The van der Waals surface area contributed by atoms with Crippen molar-refractivity contribution in [1.29, 1.82) is 0 Å². The predicted octanol–water partition coefficient (Wildman–Crippen LogP) is 0.417. The van der Waals surface area contributed by atoms with E-state index in [1.807, 2.05) is 6.92 Å². The van der Waals surface area contributed by atoms with Gasteiger partial charge in [-0.25, -0.2) is 18.1 Å². The molecule has 0 aliphatic carbocycles. The second kappa shape index (κ2) is 5.24. The summed E-state index contributed by atoms with van der Waals surface area (Å²) in [5, 5.41) is 7.30. The van der Waals surface area contributed by atoms with Crippen LogP contribution in [-0.2, 0) is 10.0 Å². The number of hydrogen-bond acceptors (Lipinski definition) is 6. The molecule has 2 rings (SSSR count). The van der Waals surface area contributed by atoms with Gasteiger partial charge in [0.2, 0.25) is 10.0 Å². The van der Waals surface area contributed by atoms with Gasteiger partial charge in [-0.15, -0.1) is 0 Å². The summed E-state index contributed by atoms with van der Waals surface area (Å²) in [6.07, 6.45) is 1.26. The molecule has 1 unspecified atom stereocenters. The molecule has 0 radical (unpaired) electrons. The van der Waals surface area contributed by atoms with E-state index in [9.17, 15) is 8.42 Å². The number of fused-ring (bicyclic) bond motifs is 1. The Labute approximate surface area is 111 Å². The van der Waals surface area contributed by atoms with Crippen LogP contribution >= 0.6 is 0 Å². The number of nitrogens with one attached hydrogen (secondary N) is 2. The van der Waals surface area contributed by atoms with Gasteiger partial charge in [0.1, 0.15) is 4.90 Å². The third kappa shape index (κ3) is 2.91. The lowest BCUT2D eigenvalue weighted by Crippen LogP contribution is -2.37. The van der Waals surface area contributed by atoms with Crippen LogP contribution in [-0.4, -0.2) is 38.2 Å². The van der Waals surface area contributed by atoms with Gasteiger partial charge in [-0.05, 0) is 27.0 Å². The molecule has 0 amide bonds. The Bertz CT molecular complexity index is 680. The summed E-state index contributed by atoms with van der Waals surface area (Å²) >= 11 is 0. The van der Waals surface area contributed by atoms with Gasteiger partial charge in [0, 0.05) is 12.6 Å². The van der Waals surface area contributed by atoms with Gasteiger partial charge >= 0.3 is 0 Å². The first-order valence-electron chi connectivity index (χ1n) is 5.83. The van der Waals surface area contributed by atoms with Crippen molar-refractivity contribution in [3.63, 3.8) is 0 Å². The second-order valence-corrected chi connectivity index (χ2v) is 6.10. The van der Waals surface area contributed by atoms with Crippen molar-refractivity contribution in [2.75, 3.05) is 13.6 Å². The van der Waals surface area contributed by atoms with E-state index in [0.717, 1.165) is 0 Å². The first kappa shape index (κ1) is 13.9. The Morgan fingerprint density at radius 1 is 1.47 bits per heavy atom. The fraction of sp³-hybridized carbons (Fsp3) is 0.455. The SMILES string of the molecule is CNC(C)CNS(=O)(=O)c1cnc2onc(C)c2c1. The molecule has 19 heavy (non-hydrogen) atoms. The third-order valence-electron chi connectivity index (χ3n) is 2.87. The topological polar surface area (TPSA) is 97.1 Å². The molecule has 1 atom stereocenters. The summed E-state index contributed by atoms with van der Waals surface area (Å²) in [7, 11) is -1.80. The number of aryl methyl sites for hydroxylation is 1. The molecule has 7 nitrogen and oxygen atoms in total. The van der Waals surface area contributed by atoms with E-state index in [4.69, 9.17) is 4.52 Å². The van der Waals surface area contributed by atoms with E-state index < -0.39 is 10.0 Å². The first-order valence-corrected chi connectivity index (χ1v) is 7.31. The van der Waals surface area contributed by atoms with Crippen LogP contribution in [0.25, 0.3) is 11.1 Å². The van der Waals surface area contributed by atoms with E-state index in [0.29, 0.717) is 23.3 Å². The van der Waals surface area contributed by atoms with Crippen LogP contribution in [0.15, 0.2) is 21.7 Å². The van der Waals surface area contributed by atoms with Crippen LogP contribution in [0.4, 0.5) is 0 Å². The van der Waals surface area contributed by atoms with Gasteiger partial charge in [-0.3, -0.25) is 0 Å². The van der Waals surface area contributed by atoms with Crippen molar-refractivity contribution in [2.24, 2.45) is 0 Å². The number of rotatable bonds is 5. The highest BCUT2D eigenvalue weighted by Gasteiger charge is 2.17. The molecular weight excluding hydrogens is 268 g/mol. The average molecular weight is 284 g/mol. The Morgan fingerprint density at radius 3 is 2.89 bits per heavy atom. The third-order valence-corrected chi connectivity index (χ3v) is 4.26. The Kier molecular flexibility index (Phi) is 3.83. The van der Waals surface area contributed by atoms with E-state index in [-0.39, 0.29) is 10.9 Å². The van der Waals surface area contributed by atoms with Crippen molar-refractivity contribution in [1.82, 2.24) is 20.2 Å². The molecule has 0 aliphatic rings. The fourth-order valence-corrected chi connectivity index (χ4v) is 2.59. The smallest absolute Gasteiger partial charge is 0.257 e. The number of aromatic nitrogens is 2. The molecule has 0 fully saturated rings. The molecule has 2 heterocycles. The van der Waals surface area contributed by atoms with Gasteiger partial charge in [0.05, 0.1) is 17.3 Å². The molecule has 0 spiro atoms. The Hall–Kier alpha value is -1.51. The number of pyridine rings is 1. The molecule has 2 N–H and O–H groups in total. The average Bonchev–Trinajstić information content (AvgIpc) is 2.77. The minimum absolute atomic E-state index is 0.0452. The molecule has 0 saturated carbocycles. The van der Waals surface area contributed by atoms with Gasteiger partial charge in [-0.2, -0.15) is 0 Å². The zero-order valence-corrected chi connectivity index (χ0v) is 11.8. The summed E-state index contributed by atoms with van der Waals surface area (Å²) < 4.78 is 31.7. The number of sulfonamides is 1. The zero-order chi connectivity index (χ0) is 14.0. The lowest BCUT2D eigenvalue weighted by Gasteiger charge is -2.11. The van der Waals surface area contributed by atoms with Gasteiger partial charge in [0.15, 0.2) is 0 Å². The van der Waals surface area contributed by atoms with Crippen molar-refractivity contribution < 1.29 is 12.9 Å². The minimum Gasteiger partial charge on any atom is -0.336 e. The van der Waals surface area contributed by atoms with Crippen LogP contribution in [0.1, 0.15) is 12.6 Å². The highest BCUT2D eigenvalue weighted by molar-refractivity contribution is 7.89. The molecule has 2 aromatic rings. The highest BCUT2D eigenvalue weighted by atomic mass is 32.2. The molecular formula is C11H16N4O3S. The van der Waals surface area contributed by atoms with Crippen LogP contribution in [0.5, 0.6) is 0 Å². The predicted molar refractivity (Wildman–Crippen MR) is 70.3 cm³/mol. The maximum Gasteiger partial charge on any atom is 0.257 e. The molecule has 0 bridgehead atoms. The van der Waals surface area contributed by atoms with Gasteiger partial charge in [0.25, 0.3) is 5.71 Å². The summed E-state index contributed by atoms with van der Waals surface area (Å²) in [6, 6.07) is 1.56. The van der Waals surface area contributed by atoms with Crippen LogP contribution in [0, 0.1) is 6.92 Å². The van der Waals surface area contributed by atoms with Crippen LogP contribution < -0.4 is 10.0 Å². The standard InChI is InChI=1S/C11H16N4O3S/c1-7(12-3)5-14-19(16,17)9-4-10-8(2)15-18-11(10)13-6-9/h4,6-7,12,14H,5H2,1-3H3. The van der Waals surface area contributed by atoms with E-state index >= 15 is 0 Å². The Balaban J connectivity index is 2.29. The fourth-order valence-electron chi connectivity index (χ4n) is 1.49. The summed E-state index contributed by atoms with van der Waals surface area (Å²) in [5.41, 5.74) is 0.947. The highest BCUT2D eigenvalue weighted by Crippen LogP contribution is 2.19. The molecule has 8 heteroatoms. The van der Waals surface area contributed by atoms with Crippen LogP contribution in [0.3, 0.4) is 0 Å². The normalized spacial score (nSPS) is 13.8. The number of hydrogen-bond donors (Lipinski definition) is 2. The first-order chi connectivity index (χ1) is 8.94. The van der Waals surface area contributed by atoms with Crippen molar-refractivity contribution in [3.05, 3.63) is 18.0 Å². The minimum atomic E-state index is -3.57. The monoisotopic (exact) mass is 284 g/mol. The molecule has 0 saturated heterocycles. The quantitative estimate of drug-likeness (QED) is 0.825. The Morgan fingerprint density at radius 2 is 2.21 bits per heavy atom. The molecule has 0 aliphatic heterocycles. The maximum atomic E-state index is 12.1. The van der Waals surface area contributed by atoms with Crippen LogP contribution in [0.2, 0.25) is 0 Å². The molecule has 104 valence electrons. The van der Waals surface area contributed by atoms with E-state index in [2.05, 4.69) is 20.2 Å². The summed E-state index contributed by atoms with van der Waals surface area (Å²) in [6.45, 7) is 3.92. The van der Waals surface area contributed by atoms with Crippen molar-refractivity contribution >= 4 is 21.1 Å². The van der Waals surface area contributed by atoms with Gasteiger partial charge in [-0.1, -0.05) is 5.16 Å². The number of nitrogens with zero attached hydrogens (tertiary/aromatic N) is 2. The lowest BCUT2D eigenvalue weighted by atomic mass is 10.3. The maximum absolute atomic E-state index is 12.1. The van der Waals surface area contributed by atoms with Gasteiger partial charge < -0.3 is 9.84 Å². The van der Waals surface area contributed by atoms with E-state index in [1.54, 1.807) is 14.0 Å². The van der Waals surface area contributed by atoms with E-state index in [1.165, 1.54) is 12.3 Å². The zero-order valence-electron chi connectivity index (χ0n) is 11.0. The largest absolute Gasteiger partial charge is 0.336 e. The lowest BCUT2D eigenvalue weighted by molar-refractivity contribution is 0.442. The molecule has 2 aromatic heterocycles. The number of likely N-dealkylation sites (N-methyl/N-ethyl adjacent to an activating group) is 1. The molecule has 0 aromatic carbocycles.